The number of hydrogen-bond donors (Lipinski definition) is 1. The molecule has 0 unspecified atom stereocenters. The molecule has 1 N–H and O–H groups in total. The third-order valence-electron chi connectivity index (χ3n) is 5.46. The average Bonchev–Trinajstić information content (AvgIpc) is 3.24. The SMILES string of the molecule is O=S(=O)(CCNC1CC1)N1CCC2(CCCCC2)CC1. The van der Waals surface area contributed by atoms with Crippen LogP contribution in [-0.4, -0.2) is 44.2 Å². The van der Waals surface area contributed by atoms with E-state index in [1.807, 2.05) is 0 Å². The molecule has 0 radical (unpaired) electrons. The molecule has 0 amide bonds. The highest BCUT2D eigenvalue weighted by Crippen LogP contribution is 2.44. The molecule has 2 saturated carbocycles. The molecule has 1 saturated heterocycles. The molecule has 3 fully saturated rings. The Balaban J connectivity index is 1.48. The quantitative estimate of drug-likeness (QED) is 0.846. The van der Waals surface area contributed by atoms with Crippen LogP contribution < -0.4 is 5.32 Å². The molecule has 116 valence electrons. The van der Waals surface area contributed by atoms with E-state index in [1.54, 1.807) is 4.31 Å². The maximum Gasteiger partial charge on any atom is 0.215 e. The summed E-state index contributed by atoms with van der Waals surface area (Å²) >= 11 is 0. The second kappa shape index (κ2) is 5.93. The van der Waals surface area contributed by atoms with E-state index >= 15 is 0 Å². The van der Waals surface area contributed by atoms with Gasteiger partial charge in [0.15, 0.2) is 0 Å². The Bertz CT molecular complexity index is 415. The molecule has 0 aromatic heterocycles. The third-order valence-corrected chi connectivity index (χ3v) is 7.33. The second-order valence-corrected chi connectivity index (χ2v) is 9.09. The Morgan fingerprint density at radius 2 is 1.65 bits per heavy atom. The van der Waals surface area contributed by atoms with Crippen LogP contribution in [0.3, 0.4) is 0 Å². The van der Waals surface area contributed by atoms with Crippen LogP contribution in [0.1, 0.15) is 57.8 Å². The van der Waals surface area contributed by atoms with Gasteiger partial charge >= 0.3 is 0 Å². The first kappa shape index (κ1) is 14.8. The lowest BCUT2D eigenvalue weighted by atomic mass is 9.68. The topological polar surface area (TPSA) is 49.4 Å². The third kappa shape index (κ3) is 3.55. The highest BCUT2D eigenvalue weighted by atomic mass is 32.2. The van der Waals surface area contributed by atoms with E-state index in [0.717, 1.165) is 25.9 Å². The summed E-state index contributed by atoms with van der Waals surface area (Å²) in [6, 6.07) is 0.595. The summed E-state index contributed by atoms with van der Waals surface area (Å²) in [5.74, 6) is 0.274. The molecule has 3 rings (SSSR count). The number of sulfonamides is 1. The lowest BCUT2D eigenvalue weighted by Crippen LogP contribution is -2.45. The minimum atomic E-state index is -3.04. The fourth-order valence-corrected chi connectivity index (χ4v) is 5.22. The smallest absolute Gasteiger partial charge is 0.215 e. The molecule has 20 heavy (non-hydrogen) atoms. The van der Waals surface area contributed by atoms with E-state index in [-0.39, 0.29) is 5.75 Å². The molecule has 1 heterocycles. The van der Waals surface area contributed by atoms with Crippen LogP contribution in [0.4, 0.5) is 0 Å². The molecule has 2 aliphatic carbocycles. The summed E-state index contributed by atoms with van der Waals surface area (Å²) in [4.78, 5) is 0. The van der Waals surface area contributed by atoms with Crippen LogP contribution in [0.15, 0.2) is 0 Å². The van der Waals surface area contributed by atoms with E-state index in [9.17, 15) is 8.42 Å². The van der Waals surface area contributed by atoms with E-state index < -0.39 is 10.0 Å². The van der Waals surface area contributed by atoms with Crippen molar-refractivity contribution in [3.05, 3.63) is 0 Å². The van der Waals surface area contributed by atoms with Gasteiger partial charge in [-0.3, -0.25) is 0 Å². The Morgan fingerprint density at radius 3 is 2.25 bits per heavy atom. The molecule has 0 aromatic carbocycles. The molecule has 0 bridgehead atoms. The van der Waals surface area contributed by atoms with E-state index in [4.69, 9.17) is 0 Å². The second-order valence-electron chi connectivity index (χ2n) is 7.00. The van der Waals surface area contributed by atoms with Crippen LogP contribution in [-0.2, 0) is 10.0 Å². The molecule has 1 spiro atoms. The summed E-state index contributed by atoms with van der Waals surface area (Å²) in [5.41, 5.74) is 0.483. The van der Waals surface area contributed by atoms with Crippen molar-refractivity contribution in [3.8, 4) is 0 Å². The number of rotatable bonds is 5. The van der Waals surface area contributed by atoms with Crippen molar-refractivity contribution in [3.63, 3.8) is 0 Å². The highest BCUT2D eigenvalue weighted by Gasteiger charge is 2.38. The van der Waals surface area contributed by atoms with Crippen molar-refractivity contribution in [2.75, 3.05) is 25.4 Å². The summed E-state index contributed by atoms with van der Waals surface area (Å²) < 4.78 is 26.4. The van der Waals surface area contributed by atoms with Crippen LogP contribution in [0.2, 0.25) is 0 Å². The summed E-state index contributed by atoms with van der Waals surface area (Å²) in [5, 5.41) is 3.30. The van der Waals surface area contributed by atoms with E-state index in [1.165, 1.54) is 44.9 Å². The Morgan fingerprint density at radius 1 is 1.00 bits per heavy atom. The lowest BCUT2D eigenvalue weighted by Gasteiger charge is -2.43. The fourth-order valence-electron chi connectivity index (χ4n) is 3.85. The van der Waals surface area contributed by atoms with Gasteiger partial charge in [0.25, 0.3) is 0 Å². The zero-order valence-corrected chi connectivity index (χ0v) is 13.3. The molecule has 0 aromatic rings. The highest BCUT2D eigenvalue weighted by molar-refractivity contribution is 7.89. The van der Waals surface area contributed by atoms with Crippen molar-refractivity contribution in [1.82, 2.24) is 9.62 Å². The van der Waals surface area contributed by atoms with Crippen LogP contribution >= 0.6 is 0 Å². The van der Waals surface area contributed by atoms with Gasteiger partial charge in [-0.25, -0.2) is 12.7 Å². The number of hydrogen-bond acceptors (Lipinski definition) is 3. The first-order valence-corrected chi connectivity index (χ1v) is 9.92. The molecule has 1 aliphatic heterocycles. The van der Waals surface area contributed by atoms with Gasteiger partial charge in [0, 0.05) is 25.7 Å². The predicted octanol–water partition coefficient (Wildman–Crippen LogP) is 2.11. The minimum absolute atomic E-state index is 0.274. The zero-order valence-electron chi connectivity index (χ0n) is 12.4. The first-order chi connectivity index (χ1) is 9.60. The van der Waals surface area contributed by atoms with Crippen molar-refractivity contribution in [1.29, 1.82) is 0 Å². The van der Waals surface area contributed by atoms with Gasteiger partial charge in [-0.15, -0.1) is 0 Å². The van der Waals surface area contributed by atoms with Crippen LogP contribution in [0.25, 0.3) is 0 Å². The molecular weight excluding hydrogens is 272 g/mol. The molecular formula is C15H28N2O2S. The molecule has 4 nitrogen and oxygen atoms in total. The van der Waals surface area contributed by atoms with E-state index in [2.05, 4.69) is 5.32 Å². The normalized spacial score (nSPS) is 27.8. The summed E-state index contributed by atoms with van der Waals surface area (Å²) in [7, 11) is -3.04. The van der Waals surface area contributed by atoms with E-state index in [0.29, 0.717) is 18.0 Å². The minimum Gasteiger partial charge on any atom is -0.313 e. The van der Waals surface area contributed by atoms with Crippen molar-refractivity contribution in [2.24, 2.45) is 5.41 Å². The van der Waals surface area contributed by atoms with Gasteiger partial charge in [-0.1, -0.05) is 19.3 Å². The number of nitrogens with zero attached hydrogens (tertiary/aromatic N) is 1. The monoisotopic (exact) mass is 300 g/mol. The fraction of sp³-hybridized carbons (Fsp3) is 1.00. The average molecular weight is 300 g/mol. The largest absolute Gasteiger partial charge is 0.313 e. The predicted molar refractivity (Wildman–Crippen MR) is 81.1 cm³/mol. The number of piperidine rings is 1. The molecule has 5 heteroatoms. The van der Waals surface area contributed by atoms with Gasteiger partial charge in [0.1, 0.15) is 0 Å². The number of nitrogens with one attached hydrogen (secondary N) is 1. The maximum atomic E-state index is 12.3. The van der Waals surface area contributed by atoms with Gasteiger partial charge in [-0.05, 0) is 43.9 Å². The molecule has 0 atom stereocenters. The summed E-state index contributed by atoms with van der Waals surface area (Å²) in [6.07, 6.45) is 11.3. The van der Waals surface area contributed by atoms with Gasteiger partial charge < -0.3 is 5.32 Å². The van der Waals surface area contributed by atoms with Crippen LogP contribution in [0.5, 0.6) is 0 Å². The van der Waals surface area contributed by atoms with Gasteiger partial charge in [-0.2, -0.15) is 0 Å². The van der Waals surface area contributed by atoms with Gasteiger partial charge in [0.05, 0.1) is 5.75 Å². The first-order valence-electron chi connectivity index (χ1n) is 8.31. The van der Waals surface area contributed by atoms with Crippen molar-refractivity contribution < 1.29 is 8.42 Å². The Labute approximate surface area is 123 Å². The zero-order chi connectivity index (χ0) is 14.1. The summed E-state index contributed by atoms with van der Waals surface area (Å²) in [6.45, 7) is 2.13. The Kier molecular flexibility index (Phi) is 4.39. The van der Waals surface area contributed by atoms with Crippen molar-refractivity contribution >= 4 is 10.0 Å². The van der Waals surface area contributed by atoms with Gasteiger partial charge in [0.2, 0.25) is 10.0 Å². The maximum absolute atomic E-state index is 12.3. The Hall–Kier alpha value is -0.130. The lowest BCUT2D eigenvalue weighted by molar-refractivity contribution is 0.102. The molecule has 3 aliphatic rings. The standard InChI is InChI=1S/C15H28N2O2S/c18-20(19,13-10-16-14-4-5-14)17-11-8-15(9-12-17)6-2-1-3-7-15/h14,16H,1-13H2. The van der Waals surface area contributed by atoms with Crippen LogP contribution in [0, 0.1) is 5.41 Å². The van der Waals surface area contributed by atoms with Crippen molar-refractivity contribution in [2.45, 2.75) is 63.8 Å².